The monoisotopic (exact) mass is 218 g/mol. The fraction of sp³-hybridized carbons (Fsp3) is 0.462. The number of nitrogens with one attached hydrogen (secondary N) is 1. The molecule has 3 nitrogen and oxygen atoms in total. The van der Waals surface area contributed by atoms with Crippen LogP contribution in [0.3, 0.4) is 0 Å². The van der Waals surface area contributed by atoms with E-state index >= 15 is 0 Å². The van der Waals surface area contributed by atoms with Crippen LogP contribution in [0.2, 0.25) is 0 Å². The van der Waals surface area contributed by atoms with Gasteiger partial charge in [-0.25, -0.2) is 0 Å². The van der Waals surface area contributed by atoms with Gasteiger partial charge in [0, 0.05) is 0 Å². The fourth-order valence-corrected chi connectivity index (χ4v) is 1.62. The number of nitriles is 1. The van der Waals surface area contributed by atoms with Crippen molar-refractivity contribution in [2.75, 3.05) is 12.4 Å². The van der Waals surface area contributed by atoms with E-state index in [0.29, 0.717) is 0 Å². The molecule has 1 rings (SSSR count). The number of hydrogen-bond donors (Lipinski definition) is 1. The van der Waals surface area contributed by atoms with Crippen molar-refractivity contribution < 1.29 is 4.74 Å². The van der Waals surface area contributed by atoms with E-state index in [-0.39, 0.29) is 0 Å². The molecule has 86 valence electrons. The van der Waals surface area contributed by atoms with Crippen molar-refractivity contribution in [3.05, 3.63) is 24.3 Å². The maximum atomic E-state index is 9.25. The average molecular weight is 218 g/mol. The Bertz CT molecular complexity index is 378. The minimum atomic E-state index is -0.505. The van der Waals surface area contributed by atoms with Crippen LogP contribution in [-0.4, -0.2) is 12.6 Å². The molecule has 0 aliphatic rings. The second-order valence-electron chi connectivity index (χ2n) is 3.73. The Labute approximate surface area is 97.0 Å². The highest BCUT2D eigenvalue weighted by atomic mass is 16.5. The number of benzene rings is 1. The van der Waals surface area contributed by atoms with Gasteiger partial charge in [-0.15, -0.1) is 0 Å². The Hall–Kier alpha value is -1.69. The summed E-state index contributed by atoms with van der Waals surface area (Å²) in [5.41, 5.74) is 0.365. The molecule has 1 aromatic carbocycles. The standard InChI is InChI=1S/C13H18N2O/c1-4-13(5-2,10-14)15-11-8-6-7-9-12(11)16-3/h6-9,15H,4-5H2,1-3H3. The van der Waals surface area contributed by atoms with Crippen LogP contribution in [0.1, 0.15) is 26.7 Å². The molecule has 0 aliphatic carbocycles. The van der Waals surface area contributed by atoms with Crippen molar-refractivity contribution in [1.29, 1.82) is 5.26 Å². The molecular formula is C13H18N2O. The van der Waals surface area contributed by atoms with Gasteiger partial charge in [-0.05, 0) is 25.0 Å². The zero-order chi connectivity index (χ0) is 12.0. The predicted molar refractivity (Wildman–Crippen MR) is 65.5 cm³/mol. The second kappa shape index (κ2) is 5.41. The Balaban J connectivity index is 2.99. The SMILES string of the molecule is CCC(C#N)(CC)Nc1ccccc1OC. The van der Waals surface area contributed by atoms with Crippen molar-refractivity contribution in [3.8, 4) is 11.8 Å². The van der Waals surface area contributed by atoms with Gasteiger partial charge in [0.05, 0.1) is 18.9 Å². The number of nitrogens with zero attached hydrogens (tertiary/aromatic N) is 1. The molecule has 0 heterocycles. The lowest BCUT2D eigenvalue weighted by Crippen LogP contribution is -2.35. The van der Waals surface area contributed by atoms with Gasteiger partial charge < -0.3 is 10.1 Å². The Morgan fingerprint density at radius 3 is 2.44 bits per heavy atom. The zero-order valence-corrected chi connectivity index (χ0v) is 10.1. The summed E-state index contributed by atoms with van der Waals surface area (Å²) in [6.07, 6.45) is 1.52. The molecule has 0 amide bonds. The highest BCUT2D eigenvalue weighted by Crippen LogP contribution is 2.28. The van der Waals surface area contributed by atoms with E-state index in [1.165, 1.54) is 0 Å². The topological polar surface area (TPSA) is 45.0 Å². The summed E-state index contributed by atoms with van der Waals surface area (Å²) in [6, 6.07) is 10.0. The molecule has 0 atom stereocenters. The van der Waals surface area contributed by atoms with Crippen LogP contribution in [0.4, 0.5) is 5.69 Å². The third kappa shape index (κ3) is 2.46. The lowest BCUT2D eigenvalue weighted by molar-refractivity contribution is 0.414. The molecule has 0 saturated heterocycles. The van der Waals surface area contributed by atoms with Gasteiger partial charge in [0.2, 0.25) is 0 Å². The smallest absolute Gasteiger partial charge is 0.141 e. The maximum absolute atomic E-state index is 9.25. The maximum Gasteiger partial charge on any atom is 0.141 e. The predicted octanol–water partition coefficient (Wildman–Crippen LogP) is 3.19. The first-order valence-electron chi connectivity index (χ1n) is 5.53. The van der Waals surface area contributed by atoms with Crippen molar-refractivity contribution in [1.82, 2.24) is 0 Å². The van der Waals surface area contributed by atoms with Crippen LogP contribution in [0.25, 0.3) is 0 Å². The average Bonchev–Trinajstić information content (AvgIpc) is 2.36. The summed E-state index contributed by atoms with van der Waals surface area (Å²) in [7, 11) is 1.63. The van der Waals surface area contributed by atoms with Gasteiger partial charge >= 0.3 is 0 Å². The first-order chi connectivity index (χ1) is 7.71. The molecule has 1 N–H and O–H groups in total. The number of rotatable bonds is 5. The number of hydrogen-bond acceptors (Lipinski definition) is 3. The number of ether oxygens (including phenoxy) is 1. The molecule has 0 fully saturated rings. The third-order valence-corrected chi connectivity index (χ3v) is 2.90. The lowest BCUT2D eigenvalue weighted by atomic mass is 9.94. The van der Waals surface area contributed by atoms with Crippen LogP contribution < -0.4 is 10.1 Å². The molecule has 0 radical (unpaired) electrons. The first-order valence-corrected chi connectivity index (χ1v) is 5.53. The molecule has 1 aromatic rings. The third-order valence-electron chi connectivity index (χ3n) is 2.90. The summed E-state index contributed by atoms with van der Waals surface area (Å²) < 4.78 is 5.25. The molecule has 0 aliphatic heterocycles. The quantitative estimate of drug-likeness (QED) is 0.825. The van der Waals surface area contributed by atoms with Crippen LogP contribution in [0.15, 0.2) is 24.3 Å². The fourth-order valence-electron chi connectivity index (χ4n) is 1.62. The van der Waals surface area contributed by atoms with Gasteiger partial charge in [0.15, 0.2) is 0 Å². The van der Waals surface area contributed by atoms with Crippen molar-refractivity contribution in [2.24, 2.45) is 0 Å². The normalized spacial score (nSPS) is 10.6. The number of anilines is 1. The van der Waals surface area contributed by atoms with Gasteiger partial charge in [-0.2, -0.15) is 5.26 Å². The van der Waals surface area contributed by atoms with E-state index in [0.717, 1.165) is 24.3 Å². The highest BCUT2D eigenvalue weighted by molar-refractivity contribution is 5.58. The minimum Gasteiger partial charge on any atom is -0.495 e. The van der Waals surface area contributed by atoms with E-state index in [1.807, 2.05) is 38.1 Å². The van der Waals surface area contributed by atoms with E-state index in [1.54, 1.807) is 7.11 Å². The highest BCUT2D eigenvalue weighted by Gasteiger charge is 2.26. The number of methoxy groups -OCH3 is 1. The van der Waals surface area contributed by atoms with E-state index in [4.69, 9.17) is 4.74 Å². The Morgan fingerprint density at radius 1 is 1.31 bits per heavy atom. The number of para-hydroxylation sites is 2. The van der Waals surface area contributed by atoms with Gasteiger partial charge in [0.1, 0.15) is 11.3 Å². The summed E-state index contributed by atoms with van der Waals surface area (Å²) >= 11 is 0. The molecular weight excluding hydrogens is 200 g/mol. The summed E-state index contributed by atoms with van der Waals surface area (Å²) in [4.78, 5) is 0. The molecule has 0 spiro atoms. The van der Waals surface area contributed by atoms with E-state index in [2.05, 4.69) is 11.4 Å². The van der Waals surface area contributed by atoms with Crippen molar-refractivity contribution >= 4 is 5.69 Å². The molecule has 3 heteroatoms. The molecule has 0 saturated carbocycles. The molecule has 16 heavy (non-hydrogen) atoms. The minimum absolute atomic E-state index is 0.505. The summed E-state index contributed by atoms with van der Waals surface area (Å²) in [6.45, 7) is 4.02. The van der Waals surface area contributed by atoms with E-state index < -0.39 is 5.54 Å². The van der Waals surface area contributed by atoms with Crippen molar-refractivity contribution in [2.45, 2.75) is 32.2 Å². The largest absolute Gasteiger partial charge is 0.495 e. The Kier molecular flexibility index (Phi) is 4.19. The van der Waals surface area contributed by atoms with Crippen LogP contribution in [0.5, 0.6) is 5.75 Å². The second-order valence-corrected chi connectivity index (χ2v) is 3.73. The van der Waals surface area contributed by atoms with E-state index in [9.17, 15) is 5.26 Å². The molecule has 0 unspecified atom stereocenters. The summed E-state index contributed by atoms with van der Waals surface area (Å²) in [5.74, 6) is 0.768. The Morgan fingerprint density at radius 2 is 1.94 bits per heavy atom. The van der Waals surface area contributed by atoms with Gasteiger partial charge in [-0.3, -0.25) is 0 Å². The van der Waals surface area contributed by atoms with Crippen molar-refractivity contribution in [3.63, 3.8) is 0 Å². The first kappa shape index (κ1) is 12.4. The molecule has 0 bridgehead atoms. The summed E-state index contributed by atoms with van der Waals surface area (Å²) in [5, 5.41) is 12.5. The molecule has 0 aromatic heterocycles. The van der Waals surface area contributed by atoms with Crippen LogP contribution in [0, 0.1) is 11.3 Å². The van der Waals surface area contributed by atoms with Gasteiger partial charge in [-0.1, -0.05) is 26.0 Å². The van der Waals surface area contributed by atoms with Crippen LogP contribution in [-0.2, 0) is 0 Å². The zero-order valence-electron chi connectivity index (χ0n) is 10.1. The van der Waals surface area contributed by atoms with Gasteiger partial charge in [0.25, 0.3) is 0 Å². The van der Waals surface area contributed by atoms with Crippen LogP contribution >= 0.6 is 0 Å². The lowest BCUT2D eigenvalue weighted by Gasteiger charge is -2.27.